The first kappa shape index (κ1) is 21.3. The van der Waals surface area contributed by atoms with Crippen molar-refractivity contribution in [1.29, 1.82) is 0 Å². The molecule has 1 aliphatic heterocycles. The number of anilines is 1. The molecule has 1 atom stereocenters. The standard InChI is InChI=1S/C18H27N3O3.ClH/c1-13(2)18(3,12-19)20-16(22)11-24-15-8-6-14(7-9-15)21-10-4-5-17(21)23;/h6-9,13H,4-5,10-12,19H2,1-3H3,(H,20,22);1H. The molecule has 1 saturated heterocycles. The summed E-state index contributed by atoms with van der Waals surface area (Å²) in [5.74, 6) is 0.775. The fourth-order valence-corrected chi connectivity index (χ4v) is 2.58. The lowest BCUT2D eigenvalue weighted by Crippen LogP contribution is -2.56. The number of carbonyl (C=O) groups is 2. The Morgan fingerprint density at radius 1 is 1.36 bits per heavy atom. The Balaban J connectivity index is 0.00000312. The van der Waals surface area contributed by atoms with Crippen molar-refractivity contribution in [3.63, 3.8) is 0 Å². The van der Waals surface area contributed by atoms with Gasteiger partial charge in [-0.3, -0.25) is 9.59 Å². The first-order valence-corrected chi connectivity index (χ1v) is 8.40. The molecule has 1 aliphatic rings. The third kappa shape index (κ3) is 5.34. The van der Waals surface area contributed by atoms with Crippen LogP contribution in [0.5, 0.6) is 5.75 Å². The lowest BCUT2D eigenvalue weighted by atomic mass is 9.88. The van der Waals surface area contributed by atoms with Crippen LogP contribution in [0.3, 0.4) is 0 Å². The van der Waals surface area contributed by atoms with Gasteiger partial charge in [-0.15, -0.1) is 12.4 Å². The topological polar surface area (TPSA) is 84.7 Å². The summed E-state index contributed by atoms with van der Waals surface area (Å²) in [6.07, 6.45) is 1.50. The molecule has 1 unspecified atom stereocenters. The number of nitrogens with two attached hydrogens (primary N) is 1. The Morgan fingerprint density at radius 2 is 2.00 bits per heavy atom. The Morgan fingerprint density at radius 3 is 2.48 bits per heavy atom. The number of halogens is 1. The molecular formula is C18H28ClN3O3. The Hall–Kier alpha value is -1.79. The molecule has 6 nitrogen and oxygen atoms in total. The summed E-state index contributed by atoms with van der Waals surface area (Å²) in [7, 11) is 0. The van der Waals surface area contributed by atoms with Crippen molar-refractivity contribution in [2.45, 2.75) is 39.2 Å². The monoisotopic (exact) mass is 369 g/mol. The molecular weight excluding hydrogens is 342 g/mol. The van der Waals surface area contributed by atoms with Crippen molar-refractivity contribution in [3.8, 4) is 5.75 Å². The number of ether oxygens (including phenoxy) is 1. The molecule has 1 heterocycles. The number of rotatable bonds is 7. The van der Waals surface area contributed by atoms with E-state index in [-0.39, 0.29) is 36.7 Å². The molecule has 1 aromatic rings. The quantitative estimate of drug-likeness (QED) is 0.770. The minimum atomic E-state index is -0.444. The lowest BCUT2D eigenvalue weighted by Gasteiger charge is -2.33. The van der Waals surface area contributed by atoms with Gasteiger partial charge in [-0.05, 0) is 43.5 Å². The molecule has 2 rings (SSSR count). The number of benzene rings is 1. The molecule has 0 aromatic heterocycles. The van der Waals surface area contributed by atoms with E-state index in [2.05, 4.69) is 5.32 Å². The van der Waals surface area contributed by atoms with E-state index in [4.69, 9.17) is 10.5 Å². The van der Waals surface area contributed by atoms with E-state index in [9.17, 15) is 9.59 Å². The largest absolute Gasteiger partial charge is 0.484 e. The van der Waals surface area contributed by atoms with E-state index in [0.29, 0.717) is 18.7 Å². The van der Waals surface area contributed by atoms with Gasteiger partial charge in [0.25, 0.3) is 5.91 Å². The van der Waals surface area contributed by atoms with Crippen molar-refractivity contribution in [3.05, 3.63) is 24.3 Å². The Labute approximate surface area is 155 Å². The van der Waals surface area contributed by atoms with Crippen LogP contribution in [0.25, 0.3) is 0 Å². The van der Waals surface area contributed by atoms with E-state index >= 15 is 0 Å². The van der Waals surface area contributed by atoms with Crippen LogP contribution in [0.1, 0.15) is 33.6 Å². The molecule has 140 valence electrons. The maximum absolute atomic E-state index is 12.1. The molecule has 0 spiro atoms. The summed E-state index contributed by atoms with van der Waals surface area (Å²) in [4.78, 5) is 25.6. The van der Waals surface area contributed by atoms with Crippen LogP contribution < -0.4 is 20.7 Å². The smallest absolute Gasteiger partial charge is 0.258 e. The van der Waals surface area contributed by atoms with Gasteiger partial charge in [-0.25, -0.2) is 0 Å². The summed E-state index contributed by atoms with van der Waals surface area (Å²) >= 11 is 0. The van der Waals surface area contributed by atoms with Gasteiger partial charge in [0.05, 0.1) is 5.54 Å². The third-order valence-corrected chi connectivity index (χ3v) is 4.72. The second-order valence-electron chi connectivity index (χ2n) is 6.76. The fraction of sp³-hybridized carbons (Fsp3) is 0.556. The molecule has 2 amide bonds. The van der Waals surface area contributed by atoms with Crippen LogP contribution in [0, 0.1) is 5.92 Å². The van der Waals surface area contributed by atoms with Gasteiger partial charge in [0.1, 0.15) is 5.75 Å². The van der Waals surface area contributed by atoms with Crippen LogP contribution in [-0.4, -0.2) is 37.0 Å². The van der Waals surface area contributed by atoms with Crippen molar-refractivity contribution in [1.82, 2.24) is 5.32 Å². The fourth-order valence-electron chi connectivity index (χ4n) is 2.58. The minimum Gasteiger partial charge on any atom is -0.484 e. The Bertz CT molecular complexity index is 592. The number of amides is 2. The van der Waals surface area contributed by atoms with Crippen molar-refractivity contribution in [2.24, 2.45) is 11.7 Å². The van der Waals surface area contributed by atoms with Crippen LogP contribution in [-0.2, 0) is 9.59 Å². The number of carbonyl (C=O) groups excluding carboxylic acids is 2. The third-order valence-electron chi connectivity index (χ3n) is 4.72. The van der Waals surface area contributed by atoms with Crippen LogP contribution in [0.2, 0.25) is 0 Å². The first-order chi connectivity index (χ1) is 11.4. The first-order valence-electron chi connectivity index (χ1n) is 8.40. The van der Waals surface area contributed by atoms with Gasteiger partial charge in [0.15, 0.2) is 6.61 Å². The minimum absolute atomic E-state index is 0. The predicted octanol–water partition coefficient (Wildman–Crippen LogP) is 2.10. The van der Waals surface area contributed by atoms with Crippen molar-refractivity contribution < 1.29 is 14.3 Å². The summed E-state index contributed by atoms with van der Waals surface area (Å²) in [6.45, 7) is 7.03. The van der Waals surface area contributed by atoms with Gasteiger partial charge < -0.3 is 20.7 Å². The van der Waals surface area contributed by atoms with E-state index in [0.717, 1.165) is 18.7 Å². The van der Waals surface area contributed by atoms with Crippen molar-refractivity contribution >= 4 is 29.9 Å². The van der Waals surface area contributed by atoms with Gasteiger partial charge >= 0.3 is 0 Å². The highest BCUT2D eigenvalue weighted by atomic mass is 35.5. The molecule has 0 bridgehead atoms. The van der Waals surface area contributed by atoms with E-state index < -0.39 is 5.54 Å². The molecule has 25 heavy (non-hydrogen) atoms. The summed E-state index contributed by atoms with van der Waals surface area (Å²) in [5.41, 5.74) is 6.18. The maximum Gasteiger partial charge on any atom is 0.258 e. The van der Waals surface area contributed by atoms with Gasteiger partial charge in [0.2, 0.25) is 5.91 Å². The number of hydrogen-bond acceptors (Lipinski definition) is 4. The molecule has 1 fully saturated rings. The average molecular weight is 370 g/mol. The van der Waals surface area contributed by atoms with E-state index in [1.54, 1.807) is 17.0 Å². The van der Waals surface area contributed by atoms with Crippen LogP contribution in [0.4, 0.5) is 5.69 Å². The second-order valence-corrected chi connectivity index (χ2v) is 6.76. The zero-order valence-electron chi connectivity index (χ0n) is 15.1. The van der Waals surface area contributed by atoms with Crippen LogP contribution in [0.15, 0.2) is 24.3 Å². The van der Waals surface area contributed by atoms with Gasteiger partial charge in [0, 0.05) is 25.2 Å². The maximum atomic E-state index is 12.1. The molecule has 3 N–H and O–H groups in total. The number of nitrogens with zero attached hydrogens (tertiary/aromatic N) is 1. The normalized spacial score (nSPS) is 16.4. The Kier molecular flexibility index (Phi) is 7.70. The molecule has 0 aliphatic carbocycles. The highest BCUT2D eigenvalue weighted by Crippen LogP contribution is 2.24. The van der Waals surface area contributed by atoms with Gasteiger partial charge in [-0.1, -0.05) is 13.8 Å². The highest BCUT2D eigenvalue weighted by molar-refractivity contribution is 5.95. The lowest BCUT2D eigenvalue weighted by molar-refractivity contribution is -0.125. The number of hydrogen-bond donors (Lipinski definition) is 2. The van der Waals surface area contributed by atoms with Crippen LogP contribution >= 0.6 is 12.4 Å². The van der Waals surface area contributed by atoms with Crippen molar-refractivity contribution in [2.75, 3.05) is 24.6 Å². The molecule has 7 heteroatoms. The van der Waals surface area contributed by atoms with E-state index in [1.165, 1.54) is 0 Å². The molecule has 0 saturated carbocycles. The van der Waals surface area contributed by atoms with Gasteiger partial charge in [-0.2, -0.15) is 0 Å². The SMILES string of the molecule is CC(C)C(C)(CN)NC(=O)COc1ccc(N2CCCC2=O)cc1.Cl. The summed E-state index contributed by atoms with van der Waals surface area (Å²) in [5, 5.41) is 2.93. The highest BCUT2D eigenvalue weighted by Gasteiger charge is 2.28. The molecule has 0 radical (unpaired) electrons. The molecule has 1 aromatic carbocycles. The zero-order chi connectivity index (χ0) is 17.7. The summed E-state index contributed by atoms with van der Waals surface area (Å²) in [6, 6.07) is 7.24. The van der Waals surface area contributed by atoms with E-state index in [1.807, 2.05) is 32.9 Å². The average Bonchev–Trinajstić information content (AvgIpc) is 2.99. The second kappa shape index (κ2) is 9.06. The predicted molar refractivity (Wildman–Crippen MR) is 101 cm³/mol. The zero-order valence-corrected chi connectivity index (χ0v) is 15.9. The number of nitrogens with one attached hydrogen (secondary N) is 1. The summed E-state index contributed by atoms with van der Waals surface area (Å²) < 4.78 is 5.53.